The predicted molar refractivity (Wildman–Crippen MR) is 70.1 cm³/mol. The van der Waals surface area contributed by atoms with E-state index in [1.807, 2.05) is 0 Å². The van der Waals surface area contributed by atoms with E-state index in [9.17, 15) is 4.79 Å². The Kier molecular flexibility index (Phi) is 3.35. The van der Waals surface area contributed by atoms with Crippen LogP contribution in [0.3, 0.4) is 0 Å². The zero-order valence-electron chi connectivity index (χ0n) is 8.50. The molecule has 7 heteroatoms. The summed E-state index contributed by atoms with van der Waals surface area (Å²) in [5, 5.41) is 3.00. The number of carbonyl (C=O) groups is 1. The van der Waals surface area contributed by atoms with Crippen LogP contribution in [0.5, 0.6) is 0 Å². The molecule has 0 spiro atoms. The lowest BCUT2D eigenvalue weighted by Gasteiger charge is -2.04. The van der Waals surface area contributed by atoms with E-state index in [0.717, 1.165) is 0 Å². The molecule has 2 aromatic rings. The second kappa shape index (κ2) is 4.77. The number of hydrogen-bond donors (Lipinski definition) is 3. The van der Waals surface area contributed by atoms with Gasteiger partial charge in [0.25, 0.3) is 5.91 Å². The van der Waals surface area contributed by atoms with E-state index in [4.69, 9.17) is 17.3 Å². The van der Waals surface area contributed by atoms with Crippen molar-refractivity contribution < 1.29 is 4.79 Å². The molecule has 4 N–H and O–H groups in total. The Labute approximate surface area is 111 Å². The largest absolute Gasteiger partial charge is 0.397 e. The molecule has 2 heterocycles. The average molecular weight is 316 g/mol. The molecule has 2 rings (SSSR count). The third kappa shape index (κ3) is 2.78. The van der Waals surface area contributed by atoms with Gasteiger partial charge >= 0.3 is 0 Å². The molecule has 88 valence electrons. The smallest absolute Gasteiger partial charge is 0.272 e. The Morgan fingerprint density at radius 1 is 1.53 bits per heavy atom. The number of nitrogens with one attached hydrogen (secondary N) is 2. The van der Waals surface area contributed by atoms with E-state index in [2.05, 4.69) is 31.2 Å². The zero-order chi connectivity index (χ0) is 12.4. The van der Waals surface area contributed by atoms with Gasteiger partial charge in [-0.05, 0) is 28.1 Å². The molecule has 0 aromatic carbocycles. The minimum absolute atomic E-state index is 0.294. The van der Waals surface area contributed by atoms with Crippen LogP contribution in [0.4, 0.5) is 11.4 Å². The third-order valence-electron chi connectivity index (χ3n) is 2.00. The maximum absolute atomic E-state index is 11.7. The summed E-state index contributed by atoms with van der Waals surface area (Å²) in [6.07, 6.45) is 3.02. The molecule has 0 aliphatic heterocycles. The van der Waals surface area contributed by atoms with Crippen molar-refractivity contribution in [2.45, 2.75) is 0 Å². The van der Waals surface area contributed by atoms with Gasteiger partial charge in [0.1, 0.15) is 10.8 Å². The van der Waals surface area contributed by atoms with Crippen LogP contribution in [-0.2, 0) is 0 Å². The van der Waals surface area contributed by atoms with Gasteiger partial charge < -0.3 is 16.0 Å². The van der Waals surface area contributed by atoms with Crippen LogP contribution in [0.1, 0.15) is 10.5 Å². The summed E-state index contributed by atoms with van der Waals surface area (Å²) in [5.74, 6) is -0.294. The first-order chi connectivity index (χ1) is 8.06. The monoisotopic (exact) mass is 314 g/mol. The maximum atomic E-state index is 11.7. The van der Waals surface area contributed by atoms with E-state index in [1.165, 1.54) is 6.20 Å². The van der Waals surface area contributed by atoms with E-state index in [-0.39, 0.29) is 5.91 Å². The third-order valence-corrected chi connectivity index (χ3v) is 3.14. The molecular formula is C10H8BrClN4O. The predicted octanol–water partition coefficient (Wildman–Crippen LogP) is 2.66. The van der Waals surface area contributed by atoms with E-state index < -0.39 is 0 Å². The van der Waals surface area contributed by atoms with Crippen LogP contribution in [0, 0.1) is 0 Å². The molecule has 2 aromatic heterocycles. The van der Waals surface area contributed by atoms with Gasteiger partial charge in [-0.2, -0.15) is 0 Å². The number of aromatic amines is 1. The number of pyridine rings is 1. The Bertz CT molecular complexity index is 569. The number of carbonyl (C=O) groups excluding carboxylic acids is 1. The number of amides is 1. The van der Waals surface area contributed by atoms with E-state index in [0.29, 0.717) is 26.7 Å². The first kappa shape index (κ1) is 11.9. The maximum Gasteiger partial charge on any atom is 0.272 e. The molecule has 0 fully saturated rings. The van der Waals surface area contributed by atoms with Gasteiger partial charge in [0, 0.05) is 11.9 Å². The summed E-state index contributed by atoms with van der Waals surface area (Å²) in [5.41, 5.74) is 6.93. The first-order valence-electron chi connectivity index (χ1n) is 4.62. The second-order valence-electron chi connectivity index (χ2n) is 3.30. The molecule has 0 atom stereocenters. The molecule has 0 aliphatic carbocycles. The summed E-state index contributed by atoms with van der Waals surface area (Å²) in [6.45, 7) is 0. The van der Waals surface area contributed by atoms with Crippen molar-refractivity contribution in [3.05, 3.63) is 39.8 Å². The fourth-order valence-electron chi connectivity index (χ4n) is 1.23. The standard InChI is InChI=1S/C10H8BrClN4O/c11-7-2-6(4-15-9(7)12)16-10(17)8-1-5(13)3-14-8/h1-4,14H,13H2,(H,16,17). The molecular weight excluding hydrogens is 307 g/mol. The summed E-state index contributed by atoms with van der Waals surface area (Å²) >= 11 is 8.97. The molecule has 0 aliphatic rings. The van der Waals surface area contributed by atoms with Gasteiger partial charge in [0.05, 0.1) is 16.4 Å². The molecule has 1 amide bonds. The van der Waals surface area contributed by atoms with Crippen molar-refractivity contribution in [2.24, 2.45) is 0 Å². The van der Waals surface area contributed by atoms with Crippen LogP contribution in [0.15, 0.2) is 29.0 Å². The van der Waals surface area contributed by atoms with Crippen molar-refractivity contribution in [3.8, 4) is 0 Å². The van der Waals surface area contributed by atoms with Crippen LogP contribution in [0.25, 0.3) is 0 Å². The van der Waals surface area contributed by atoms with Gasteiger partial charge in [-0.1, -0.05) is 11.6 Å². The Balaban J connectivity index is 2.15. The number of aromatic nitrogens is 2. The molecule has 0 saturated carbocycles. The van der Waals surface area contributed by atoms with Crippen LogP contribution in [0.2, 0.25) is 5.15 Å². The quantitative estimate of drug-likeness (QED) is 0.745. The topological polar surface area (TPSA) is 83.8 Å². The highest BCUT2D eigenvalue weighted by atomic mass is 79.9. The molecule has 0 unspecified atom stereocenters. The normalized spacial score (nSPS) is 10.2. The fourth-order valence-corrected chi connectivity index (χ4v) is 1.68. The lowest BCUT2D eigenvalue weighted by atomic mass is 10.3. The summed E-state index contributed by atoms with van der Waals surface area (Å²) in [7, 11) is 0. The number of anilines is 2. The molecule has 5 nitrogen and oxygen atoms in total. The minimum Gasteiger partial charge on any atom is -0.397 e. The van der Waals surface area contributed by atoms with E-state index in [1.54, 1.807) is 18.3 Å². The van der Waals surface area contributed by atoms with Gasteiger partial charge in [-0.3, -0.25) is 4.79 Å². The van der Waals surface area contributed by atoms with Gasteiger partial charge in [-0.25, -0.2) is 4.98 Å². The van der Waals surface area contributed by atoms with Gasteiger partial charge in [-0.15, -0.1) is 0 Å². The first-order valence-corrected chi connectivity index (χ1v) is 5.79. The van der Waals surface area contributed by atoms with Crippen LogP contribution >= 0.6 is 27.5 Å². The number of hydrogen-bond acceptors (Lipinski definition) is 3. The highest BCUT2D eigenvalue weighted by Gasteiger charge is 2.09. The Morgan fingerprint density at radius 3 is 2.88 bits per heavy atom. The highest BCUT2D eigenvalue weighted by Crippen LogP contribution is 2.23. The SMILES string of the molecule is Nc1c[nH]c(C(=O)Nc2cnc(Cl)c(Br)c2)c1. The van der Waals surface area contributed by atoms with Crippen LogP contribution < -0.4 is 11.1 Å². The summed E-state index contributed by atoms with van der Waals surface area (Å²) in [4.78, 5) is 18.4. The molecule has 0 bridgehead atoms. The highest BCUT2D eigenvalue weighted by molar-refractivity contribution is 9.10. The van der Waals surface area contributed by atoms with Crippen molar-refractivity contribution >= 4 is 44.8 Å². The fraction of sp³-hybridized carbons (Fsp3) is 0. The van der Waals surface area contributed by atoms with Crippen molar-refractivity contribution in [1.82, 2.24) is 9.97 Å². The number of H-pyrrole nitrogens is 1. The van der Waals surface area contributed by atoms with Crippen molar-refractivity contribution in [3.63, 3.8) is 0 Å². The number of nitrogens with zero attached hydrogens (tertiary/aromatic N) is 1. The van der Waals surface area contributed by atoms with Crippen molar-refractivity contribution in [1.29, 1.82) is 0 Å². The lowest BCUT2D eigenvalue weighted by molar-refractivity contribution is 0.102. The summed E-state index contributed by atoms with van der Waals surface area (Å²) < 4.78 is 0.614. The Hall–Kier alpha value is -1.53. The van der Waals surface area contributed by atoms with E-state index >= 15 is 0 Å². The molecule has 0 saturated heterocycles. The Morgan fingerprint density at radius 2 is 2.29 bits per heavy atom. The average Bonchev–Trinajstić information content (AvgIpc) is 2.70. The number of nitrogens with two attached hydrogens (primary N) is 1. The summed E-state index contributed by atoms with van der Waals surface area (Å²) in [6, 6.07) is 3.22. The van der Waals surface area contributed by atoms with Gasteiger partial charge in [0.15, 0.2) is 0 Å². The van der Waals surface area contributed by atoms with Gasteiger partial charge in [0.2, 0.25) is 0 Å². The molecule has 17 heavy (non-hydrogen) atoms. The van der Waals surface area contributed by atoms with Crippen molar-refractivity contribution in [2.75, 3.05) is 11.1 Å². The number of rotatable bonds is 2. The second-order valence-corrected chi connectivity index (χ2v) is 4.51. The number of halogens is 2. The minimum atomic E-state index is -0.294. The zero-order valence-corrected chi connectivity index (χ0v) is 10.8. The number of nitrogen functional groups attached to an aromatic ring is 1. The lowest BCUT2D eigenvalue weighted by Crippen LogP contribution is -2.12. The molecule has 0 radical (unpaired) electrons. The van der Waals surface area contributed by atoms with Crippen LogP contribution in [-0.4, -0.2) is 15.9 Å².